The fraction of sp³-hybridized carbons (Fsp3) is 0.143. The summed E-state index contributed by atoms with van der Waals surface area (Å²) in [5.74, 6) is -0.815. The molecule has 2 heterocycles. The second kappa shape index (κ2) is 2.60. The molecule has 2 rings (SSSR count). The number of aliphatic carboxylic acids is 1. The zero-order chi connectivity index (χ0) is 8.55. The standard InChI is InChI=1S/C7H6N2O2S/c10-5(11)1-4-2-8-7-6(4)12-3-9-7/h2-3,8H,1H2,(H,10,11). The van der Waals surface area contributed by atoms with Crippen LogP contribution in [0.2, 0.25) is 0 Å². The molecule has 5 heteroatoms. The molecule has 0 aliphatic rings. The van der Waals surface area contributed by atoms with Gasteiger partial charge in [0.15, 0.2) is 0 Å². The van der Waals surface area contributed by atoms with Gasteiger partial charge in [-0.2, -0.15) is 0 Å². The third-order valence-corrected chi connectivity index (χ3v) is 2.49. The largest absolute Gasteiger partial charge is 0.481 e. The second-order valence-corrected chi connectivity index (χ2v) is 3.27. The summed E-state index contributed by atoms with van der Waals surface area (Å²) in [6.07, 6.45) is 1.75. The molecule has 0 aromatic carbocycles. The van der Waals surface area contributed by atoms with Gasteiger partial charge in [0.2, 0.25) is 0 Å². The van der Waals surface area contributed by atoms with Gasteiger partial charge in [-0.15, -0.1) is 11.3 Å². The number of hydrogen-bond acceptors (Lipinski definition) is 3. The molecule has 0 fully saturated rings. The van der Waals surface area contributed by atoms with Crippen LogP contribution >= 0.6 is 11.3 Å². The molecule has 2 aromatic rings. The number of rotatable bonds is 2. The van der Waals surface area contributed by atoms with E-state index in [0.29, 0.717) is 0 Å². The molecule has 0 amide bonds. The average Bonchev–Trinajstić information content (AvgIpc) is 2.52. The fourth-order valence-corrected chi connectivity index (χ4v) is 1.86. The van der Waals surface area contributed by atoms with Crippen molar-refractivity contribution in [3.63, 3.8) is 0 Å². The van der Waals surface area contributed by atoms with Crippen LogP contribution in [0, 0.1) is 0 Å². The zero-order valence-corrected chi connectivity index (χ0v) is 6.89. The lowest BCUT2D eigenvalue weighted by molar-refractivity contribution is -0.136. The molecule has 0 atom stereocenters. The first-order valence-electron chi connectivity index (χ1n) is 3.38. The van der Waals surface area contributed by atoms with E-state index in [9.17, 15) is 4.79 Å². The summed E-state index contributed by atoms with van der Waals surface area (Å²) < 4.78 is 0.942. The summed E-state index contributed by atoms with van der Waals surface area (Å²) in [4.78, 5) is 17.3. The monoisotopic (exact) mass is 182 g/mol. The van der Waals surface area contributed by atoms with E-state index >= 15 is 0 Å². The van der Waals surface area contributed by atoms with Gasteiger partial charge in [0.25, 0.3) is 0 Å². The maximum Gasteiger partial charge on any atom is 0.307 e. The normalized spacial score (nSPS) is 10.7. The summed E-state index contributed by atoms with van der Waals surface area (Å²) >= 11 is 1.46. The molecular weight excluding hydrogens is 176 g/mol. The van der Waals surface area contributed by atoms with Crippen molar-refractivity contribution < 1.29 is 9.90 Å². The number of nitrogens with zero attached hydrogens (tertiary/aromatic N) is 1. The van der Waals surface area contributed by atoms with Crippen molar-refractivity contribution in [3.05, 3.63) is 17.3 Å². The van der Waals surface area contributed by atoms with Crippen molar-refractivity contribution in [2.45, 2.75) is 6.42 Å². The van der Waals surface area contributed by atoms with E-state index in [1.165, 1.54) is 11.3 Å². The van der Waals surface area contributed by atoms with E-state index in [0.717, 1.165) is 15.9 Å². The molecule has 4 nitrogen and oxygen atoms in total. The number of H-pyrrole nitrogens is 1. The minimum absolute atomic E-state index is 0.0577. The highest BCUT2D eigenvalue weighted by Crippen LogP contribution is 2.21. The molecule has 0 saturated heterocycles. The molecule has 0 unspecified atom stereocenters. The van der Waals surface area contributed by atoms with Gasteiger partial charge < -0.3 is 10.1 Å². The summed E-state index contributed by atoms with van der Waals surface area (Å²) in [5.41, 5.74) is 3.28. The van der Waals surface area contributed by atoms with Crippen molar-refractivity contribution in [1.82, 2.24) is 9.97 Å². The molecule has 0 aliphatic carbocycles. The first-order valence-corrected chi connectivity index (χ1v) is 4.26. The van der Waals surface area contributed by atoms with E-state index in [4.69, 9.17) is 5.11 Å². The molecule has 0 aliphatic heterocycles. The number of carboxylic acid groups (broad SMARTS) is 1. The summed E-state index contributed by atoms with van der Waals surface area (Å²) in [6.45, 7) is 0. The molecule has 2 aromatic heterocycles. The lowest BCUT2D eigenvalue weighted by Crippen LogP contribution is -1.98. The van der Waals surface area contributed by atoms with Crippen LogP contribution in [0.5, 0.6) is 0 Å². The van der Waals surface area contributed by atoms with E-state index in [1.54, 1.807) is 11.7 Å². The quantitative estimate of drug-likeness (QED) is 0.734. The Labute approximate surface area is 71.9 Å². The average molecular weight is 182 g/mol. The van der Waals surface area contributed by atoms with E-state index in [1.807, 2.05) is 0 Å². The van der Waals surface area contributed by atoms with Crippen molar-refractivity contribution in [3.8, 4) is 0 Å². The number of aromatic nitrogens is 2. The van der Waals surface area contributed by atoms with Gasteiger partial charge in [-0.25, -0.2) is 4.98 Å². The predicted octanol–water partition coefficient (Wildman–Crippen LogP) is 1.25. The SMILES string of the molecule is O=C(O)Cc1c[nH]c2ncsc12. The third kappa shape index (κ3) is 1.08. The Morgan fingerprint density at radius 3 is 3.33 bits per heavy atom. The lowest BCUT2D eigenvalue weighted by atomic mass is 10.2. The first-order chi connectivity index (χ1) is 5.77. The summed E-state index contributed by atoms with van der Waals surface area (Å²) in [7, 11) is 0. The maximum absolute atomic E-state index is 10.4. The number of nitrogens with one attached hydrogen (secondary N) is 1. The Morgan fingerprint density at radius 1 is 1.75 bits per heavy atom. The van der Waals surface area contributed by atoms with Gasteiger partial charge >= 0.3 is 5.97 Å². The van der Waals surface area contributed by atoms with Crippen molar-refractivity contribution in [1.29, 1.82) is 0 Å². The lowest BCUT2D eigenvalue weighted by Gasteiger charge is -1.87. The van der Waals surface area contributed by atoms with Crippen LogP contribution in [0.25, 0.3) is 10.3 Å². The molecule has 62 valence electrons. The van der Waals surface area contributed by atoms with Gasteiger partial charge in [0.05, 0.1) is 16.6 Å². The summed E-state index contributed by atoms with van der Waals surface area (Å²) in [6, 6.07) is 0. The van der Waals surface area contributed by atoms with Gasteiger partial charge in [-0.3, -0.25) is 4.79 Å². The molecular formula is C7H6N2O2S. The molecule has 2 N–H and O–H groups in total. The first kappa shape index (κ1) is 7.30. The number of aromatic amines is 1. The third-order valence-electron chi connectivity index (χ3n) is 1.58. The Hall–Kier alpha value is -1.36. The highest BCUT2D eigenvalue weighted by atomic mass is 32.1. The Bertz CT molecular complexity index is 418. The van der Waals surface area contributed by atoms with Crippen molar-refractivity contribution in [2.75, 3.05) is 0 Å². The van der Waals surface area contributed by atoms with Gasteiger partial charge in [-0.05, 0) is 0 Å². The fourth-order valence-electron chi connectivity index (χ4n) is 1.09. The van der Waals surface area contributed by atoms with E-state index in [2.05, 4.69) is 9.97 Å². The number of carboxylic acids is 1. The minimum atomic E-state index is -0.815. The smallest absolute Gasteiger partial charge is 0.307 e. The Kier molecular flexibility index (Phi) is 1.58. The van der Waals surface area contributed by atoms with E-state index < -0.39 is 5.97 Å². The van der Waals surface area contributed by atoms with Gasteiger partial charge in [0, 0.05) is 11.8 Å². The number of hydrogen-bond donors (Lipinski definition) is 2. The maximum atomic E-state index is 10.4. The molecule has 0 radical (unpaired) electrons. The van der Waals surface area contributed by atoms with Crippen LogP contribution in [0.1, 0.15) is 5.56 Å². The number of carbonyl (C=O) groups is 1. The van der Waals surface area contributed by atoms with Crippen molar-refractivity contribution >= 4 is 27.7 Å². The topological polar surface area (TPSA) is 66.0 Å². The van der Waals surface area contributed by atoms with E-state index in [-0.39, 0.29) is 6.42 Å². The molecule has 0 spiro atoms. The highest BCUT2D eigenvalue weighted by Gasteiger charge is 2.08. The molecule has 12 heavy (non-hydrogen) atoms. The molecule has 0 bridgehead atoms. The van der Waals surface area contributed by atoms with Crippen LogP contribution in [0.3, 0.4) is 0 Å². The van der Waals surface area contributed by atoms with Crippen LogP contribution in [0.15, 0.2) is 11.7 Å². The second-order valence-electron chi connectivity index (χ2n) is 2.41. The van der Waals surface area contributed by atoms with Crippen LogP contribution in [-0.2, 0) is 11.2 Å². The number of fused-ring (bicyclic) bond motifs is 1. The van der Waals surface area contributed by atoms with Crippen molar-refractivity contribution in [2.24, 2.45) is 0 Å². The van der Waals surface area contributed by atoms with Gasteiger partial charge in [0.1, 0.15) is 5.65 Å². The zero-order valence-electron chi connectivity index (χ0n) is 6.07. The number of thiazole rings is 1. The van der Waals surface area contributed by atoms with Crippen LogP contribution < -0.4 is 0 Å². The molecule has 0 saturated carbocycles. The van der Waals surface area contributed by atoms with Crippen LogP contribution in [0.4, 0.5) is 0 Å². The van der Waals surface area contributed by atoms with Gasteiger partial charge in [-0.1, -0.05) is 0 Å². The summed E-state index contributed by atoms with van der Waals surface area (Å²) in [5, 5.41) is 8.55. The van der Waals surface area contributed by atoms with Crippen LogP contribution in [-0.4, -0.2) is 21.0 Å². The Balaban J connectivity index is 2.47. The Morgan fingerprint density at radius 2 is 2.58 bits per heavy atom. The highest BCUT2D eigenvalue weighted by molar-refractivity contribution is 7.16. The predicted molar refractivity (Wildman–Crippen MR) is 45.3 cm³/mol. The minimum Gasteiger partial charge on any atom is -0.481 e.